The lowest BCUT2D eigenvalue weighted by atomic mass is 9.97. The maximum absolute atomic E-state index is 11.8. The maximum atomic E-state index is 11.8. The SMILES string of the molecule is C[C@@H](NC(=O)NCCC1=CCCCC1)c1nncn1C. The van der Waals surface area contributed by atoms with Crippen molar-refractivity contribution in [3.05, 3.63) is 23.8 Å². The zero-order chi connectivity index (χ0) is 14.4. The summed E-state index contributed by atoms with van der Waals surface area (Å²) in [4.78, 5) is 11.8. The molecule has 2 rings (SSSR count). The quantitative estimate of drug-likeness (QED) is 0.809. The van der Waals surface area contributed by atoms with Crippen molar-refractivity contribution in [1.29, 1.82) is 0 Å². The van der Waals surface area contributed by atoms with Crippen LogP contribution in [0, 0.1) is 0 Å². The Morgan fingerprint density at radius 3 is 3.00 bits per heavy atom. The van der Waals surface area contributed by atoms with Gasteiger partial charge in [-0.25, -0.2) is 4.79 Å². The van der Waals surface area contributed by atoms with Gasteiger partial charge in [0.2, 0.25) is 0 Å². The summed E-state index contributed by atoms with van der Waals surface area (Å²) in [6, 6.07) is -0.312. The van der Waals surface area contributed by atoms with Crippen molar-refractivity contribution in [3.63, 3.8) is 0 Å². The van der Waals surface area contributed by atoms with Gasteiger partial charge in [0.1, 0.15) is 6.33 Å². The minimum atomic E-state index is -0.156. The molecule has 0 unspecified atom stereocenters. The molecule has 0 aliphatic heterocycles. The smallest absolute Gasteiger partial charge is 0.315 e. The number of carbonyl (C=O) groups excluding carboxylic acids is 1. The van der Waals surface area contributed by atoms with E-state index in [9.17, 15) is 4.79 Å². The van der Waals surface area contributed by atoms with E-state index >= 15 is 0 Å². The number of hydrogen-bond acceptors (Lipinski definition) is 3. The molecule has 20 heavy (non-hydrogen) atoms. The predicted molar refractivity (Wildman–Crippen MR) is 77.1 cm³/mol. The fourth-order valence-electron chi connectivity index (χ4n) is 2.46. The van der Waals surface area contributed by atoms with Crippen LogP contribution in [0.2, 0.25) is 0 Å². The molecule has 0 spiro atoms. The van der Waals surface area contributed by atoms with Crippen LogP contribution in [-0.2, 0) is 7.05 Å². The lowest BCUT2D eigenvalue weighted by Crippen LogP contribution is -2.38. The van der Waals surface area contributed by atoms with Gasteiger partial charge < -0.3 is 15.2 Å². The van der Waals surface area contributed by atoms with E-state index in [2.05, 4.69) is 26.9 Å². The van der Waals surface area contributed by atoms with Crippen molar-refractivity contribution in [1.82, 2.24) is 25.4 Å². The Hall–Kier alpha value is -1.85. The lowest BCUT2D eigenvalue weighted by molar-refractivity contribution is 0.237. The number of allylic oxidation sites excluding steroid dienone is 1. The monoisotopic (exact) mass is 277 g/mol. The topological polar surface area (TPSA) is 71.8 Å². The van der Waals surface area contributed by atoms with E-state index in [0.717, 1.165) is 12.2 Å². The zero-order valence-corrected chi connectivity index (χ0v) is 12.2. The molecule has 1 aromatic heterocycles. The van der Waals surface area contributed by atoms with Gasteiger partial charge in [-0.2, -0.15) is 0 Å². The summed E-state index contributed by atoms with van der Waals surface area (Å²) in [5.41, 5.74) is 1.47. The number of nitrogens with zero attached hydrogens (tertiary/aromatic N) is 3. The largest absolute Gasteiger partial charge is 0.338 e. The minimum Gasteiger partial charge on any atom is -0.338 e. The molecule has 1 aliphatic rings. The molecular formula is C14H23N5O. The molecule has 1 atom stereocenters. The van der Waals surface area contributed by atoms with Crippen molar-refractivity contribution in [2.75, 3.05) is 6.54 Å². The number of rotatable bonds is 5. The number of aromatic nitrogens is 3. The highest BCUT2D eigenvalue weighted by Gasteiger charge is 2.13. The van der Waals surface area contributed by atoms with Crippen LogP contribution in [-0.4, -0.2) is 27.3 Å². The molecular weight excluding hydrogens is 254 g/mol. The summed E-state index contributed by atoms with van der Waals surface area (Å²) in [5.74, 6) is 0.745. The summed E-state index contributed by atoms with van der Waals surface area (Å²) in [6.07, 6.45) is 9.83. The van der Waals surface area contributed by atoms with Gasteiger partial charge in [0.15, 0.2) is 5.82 Å². The van der Waals surface area contributed by atoms with Crippen molar-refractivity contribution in [2.24, 2.45) is 7.05 Å². The van der Waals surface area contributed by atoms with Crippen molar-refractivity contribution >= 4 is 6.03 Å². The van der Waals surface area contributed by atoms with E-state index in [0.29, 0.717) is 6.54 Å². The maximum Gasteiger partial charge on any atom is 0.315 e. The summed E-state index contributed by atoms with van der Waals surface area (Å²) < 4.78 is 1.80. The van der Waals surface area contributed by atoms with Gasteiger partial charge in [-0.15, -0.1) is 10.2 Å². The molecule has 0 saturated heterocycles. The van der Waals surface area contributed by atoms with E-state index < -0.39 is 0 Å². The average Bonchev–Trinajstić information content (AvgIpc) is 2.86. The first-order valence-electron chi connectivity index (χ1n) is 7.23. The van der Waals surface area contributed by atoms with E-state index in [-0.39, 0.29) is 12.1 Å². The standard InChI is InChI=1S/C14H23N5O/c1-11(13-18-16-10-19(13)2)17-14(20)15-9-8-12-6-4-3-5-7-12/h6,10-11H,3-5,7-9H2,1-2H3,(H2,15,17,20)/t11-/m1/s1. The van der Waals surface area contributed by atoms with E-state index in [1.54, 1.807) is 10.9 Å². The summed E-state index contributed by atoms with van der Waals surface area (Å²) in [7, 11) is 1.86. The van der Waals surface area contributed by atoms with Gasteiger partial charge in [0, 0.05) is 13.6 Å². The number of amides is 2. The third kappa shape index (κ3) is 4.08. The van der Waals surface area contributed by atoms with Crippen LogP contribution in [0.25, 0.3) is 0 Å². The summed E-state index contributed by atoms with van der Waals surface area (Å²) in [5, 5.41) is 13.6. The molecule has 0 bridgehead atoms. The van der Waals surface area contributed by atoms with Gasteiger partial charge in [-0.05, 0) is 39.0 Å². The molecule has 6 heteroatoms. The first-order valence-corrected chi connectivity index (χ1v) is 7.23. The van der Waals surface area contributed by atoms with Crippen LogP contribution >= 0.6 is 0 Å². The Bertz CT molecular complexity index is 480. The number of urea groups is 1. The van der Waals surface area contributed by atoms with Crippen LogP contribution in [0.5, 0.6) is 0 Å². The second kappa shape index (κ2) is 7.07. The van der Waals surface area contributed by atoms with E-state index in [1.165, 1.54) is 31.3 Å². The van der Waals surface area contributed by atoms with E-state index in [1.807, 2.05) is 14.0 Å². The molecule has 0 fully saturated rings. The number of carbonyl (C=O) groups is 1. The highest BCUT2D eigenvalue weighted by atomic mass is 16.2. The van der Waals surface area contributed by atoms with Crippen LogP contribution < -0.4 is 10.6 Å². The Kier molecular flexibility index (Phi) is 5.15. The number of aryl methyl sites for hydroxylation is 1. The third-order valence-corrected chi connectivity index (χ3v) is 3.60. The molecule has 6 nitrogen and oxygen atoms in total. The summed E-state index contributed by atoms with van der Waals surface area (Å²) >= 11 is 0. The first-order chi connectivity index (χ1) is 9.66. The summed E-state index contributed by atoms with van der Waals surface area (Å²) in [6.45, 7) is 2.58. The first kappa shape index (κ1) is 14.6. The zero-order valence-electron chi connectivity index (χ0n) is 12.2. The number of nitrogens with one attached hydrogen (secondary N) is 2. The molecule has 1 heterocycles. The van der Waals surface area contributed by atoms with Crippen molar-refractivity contribution in [3.8, 4) is 0 Å². The minimum absolute atomic E-state index is 0.156. The van der Waals surface area contributed by atoms with Gasteiger partial charge in [-0.3, -0.25) is 0 Å². The lowest BCUT2D eigenvalue weighted by Gasteiger charge is -2.15. The Labute approximate surface area is 119 Å². The van der Waals surface area contributed by atoms with Crippen LogP contribution in [0.15, 0.2) is 18.0 Å². The highest BCUT2D eigenvalue weighted by Crippen LogP contribution is 2.19. The molecule has 1 aromatic rings. The van der Waals surface area contributed by atoms with Crippen molar-refractivity contribution in [2.45, 2.75) is 45.1 Å². The molecule has 110 valence electrons. The fraction of sp³-hybridized carbons (Fsp3) is 0.643. The third-order valence-electron chi connectivity index (χ3n) is 3.60. The average molecular weight is 277 g/mol. The van der Waals surface area contributed by atoms with Crippen LogP contribution in [0.3, 0.4) is 0 Å². The Morgan fingerprint density at radius 2 is 2.35 bits per heavy atom. The van der Waals surface area contributed by atoms with E-state index in [4.69, 9.17) is 0 Å². The molecule has 2 N–H and O–H groups in total. The van der Waals surface area contributed by atoms with Gasteiger partial charge >= 0.3 is 6.03 Å². The predicted octanol–water partition coefficient (Wildman–Crippen LogP) is 2.07. The van der Waals surface area contributed by atoms with Crippen LogP contribution in [0.4, 0.5) is 4.79 Å². The Morgan fingerprint density at radius 1 is 1.50 bits per heavy atom. The molecule has 2 amide bonds. The second-order valence-electron chi connectivity index (χ2n) is 5.28. The van der Waals surface area contributed by atoms with Crippen molar-refractivity contribution < 1.29 is 4.79 Å². The van der Waals surface area contributed by atoms with Gasteiger partial charge in [-0.1, -0.05) is 11.6 Å². The normalized spacial score (nSPS) is 16.4. The fourth-order valence-corrected chi connectivity index (χ4v) is 2.46. The molecule has 0 saturated carbocycles. The van der Waals surface area contributed by atoms with Gasteiger partial charge in [0.05, 0.1) is 6.04 Å². The van der Waals surface area contributed by atoms with Gasteiger partial charge in [0.25, 0.3) is 0 Å². The molecule has 0 aromatic carbocycles. The second-order valence-corrected chi connectivity index (χ2v) is 5.28. The van der Waals surface area contributed by atoms with Crippen LogP contribution in [0.1, 0.15) is 50.9 Å². The Balaban J connectivity index is 1.70. The number of hydrogen-bond donors (Lipinski definition) is 2. The molecule has 0 radical (unpaired) electrons. The highest BCUT2D eigenvalue weighted by molar-refractivity contribution is 5.74. The molecule has 1 aliphatic carbocycles.